The third-order valence-electron chi connectivity index (χ3n) is 14.9. The lowest BCUT2D eigenvalue weighted by Crippen LogP contribution is -2.22. The maximum Gasteiger partial charge on any atom is 0.0468 e. The molecule has 1 nitrogen and oxygen atoms in total. The standard InChI is InChI=1S/C70H49N/c1-70(54-31-15-6-16-32-54)66-37-20-19-35-61(66)64-47-57(40-43-67(64)70)71(56-39-42-58(48-22-7-2-8-23-48)63(46-56)49-24-9-3-10-25-49)55-33-21-30-52(44-55)53-38-41-60-59-34-17-18-36-62(59)68(50-26-11-4-12-27-50)69(65(60)45-53)51-28-13-5-14-29-51/h2-47H,1H3. The average Bonchev–Trinajstić information content (AvgIpc) is 3.71. The van der Waals surface area contributed by atoms with Crippen molar-refractivity contribution < 1.29 is 0 Å². The Morgan fingerprint density at radius 3 is 1.39 bits per heavy atom. The van der Waals surface area contributed by atoms with Gasteiger partial charge in [0.25, 0.3) is 0 Å². The van der Waals surface area contributed by atoms with Crippen molar-refractivity contribution in [2.45, 2.75) is 12.3 Å². The summed E-state index contributed by atoms with van der Waals surface area (Å²) in [6.45, 7) is 2.39. The lowest BCUT2D eigenvalue weighted by atomic mass is 9.74. The summed E-state index contributed by atoms with van der Waals surface area (Å²) in [6.07, 6.45) is 0. The second-order valence-corrected chi connectivity index (χ2v) is 18.9. The van der Waals surface area contributed by atoms with E-state index >= 15 is 0 Å². The molecule has 0 fully saturated rings. The minimum Gasteiger partial charge on any atom is -0.310 e. The van der Waals surface area contributed by atoms with Crippen LogP contribution >= 0.6 is 0 Å². The van der Waals surface area contributed by atoms with Crippen molar-refractivity contribution in [2.75, 3.05) is 4.90 Å². The van der Waals surface area contributed by atoms with Gasteiger partial charge in [-0.3, -0.25) is 0 Å². The van der Waals surface area contributed by atoms with Gasteiger partial charge in [0.2, 0.25) is 0 Å². The fourth-order valence-corrected chi connectivity index (χ4v) is 11.6. The summed E-state index contributed by atoms with van der Waals surface area (Å²) in [5.74, 6) is 0. The molecule has 1 heteroatoms. The molecule has 1 aliphatic carbocycles. The van der Waals surface area contributed by atoms with E-state index in [0.29, 0.717) is 0 Å². The van der Waals surface area contributed by atoms with Gasteiger partial charge in [-0.1, -0.05) is 237 Å². The molecule has 0 heterocycles. The third kappa shape index (κ3) is 7.17. The molecule has 0 amide bonds. The summed E-state index contributed by atoms with van der Waals surface area (Å²) in [4.78, 5) is 2.46. The molecule has 71 heavy (non-hydrogen) atoms. The summed E-state index contributed by atoms with van der Waals surface area (Å²) in [7, 11) is 0. The highest BCUT2D eigenvalue weighted by Crippen LogP contribution is 2.54. The van der Waals surface area contributed by atoms with Gasteiger partial charge < -0.3 is 4.90 Å². The first-order chi connectivity index (χ1) is 35.1. The van der Waals surface area contributed by atoms with Gasteiger partial charge in [0.05, 0.1) is 0 Å². The molecule has 1 aliphatic rings. The molecule has 0 bridgehead atoms. The number of benzene rings is 12. The van der Waals surface area contributed by atoms with Crippen molar-refractivity contribution in [3.63, 3.8) is 0 Å². The van der Waals surface area contributed by atoms with Crippen LogP contribution in [0.3, 0.4) is 0 Å². The molecule has 0 spiro atoms. The van der Waals surface area contributed by atoms with Crippen LogP contribution in [0, 0.1) is 0 Å². The Balaban J connectivity index is 1.03. The topological polar surface area (TPSA) is 3.24 Å². The van der Waals surface area contributed by atoms with E-state index < -0.39 is 0 Å². The highest BCUT2D eigenvalue weighted by Gasteiger charge is 2.41. The molecule has 0 radical (unpaired) electrons. The van der Waals surface area contributed by atoms with Gasteiger partial charge in [-0.25, -0.2) is 0 Å². The van der Waals surface area contributed by atoms with Crippen LogP contribution in [0.4, 0.5) is 17.1 Å². The molecule has 0 aliphatic heterocycles. The van der Waals surface area contributed by atoms with Gasteiger partial charge in [0, 0.05) is 22.5 Å². The predicted octanol–water partition coefficient (Wildman–Crippen LogP) is 19.1. The Morgan fingerprint density at radius 2 is 0.718 bits per heavy atom. The normalized spacial score (nSPS) is 13.8. The maximum atomic E-state index is 2.46. The minimum atomic E-state index is -0.297. The smallest absolute Gasteiger partial charge is 0.0468 e. The van der Waals surface area contributed by atoms with Crippen LogP contribution in [0.5, 0.6) is 0 Å². The molecule has 1 atom stereocenters. The highest BCUT2D eigenvalue weighted by molar-refractivity contribution is 6.22. The van der Waals surface area contributed by atoms with Crippen molar-refractivity contribution in [2.24, 2.45) is 0 Å². The molecule has 0 aromatic heterocycles. The second-order valence-electron chi connectivity index (χ2n) is 18.9. The van der Waals surface area contributed by atoms with Gasteiger partial charge in [0.1, 0.15) is 0 Å². The van der Waals surface area contributed by atoms with Crippen molar-refractivity contribution in [3.8, 4) is 66.8 Å². The third-order valence-corrected chi connectivity index (χ3v) is 14.9. The summed E-state index contributed by atoms with van der Waals surface area (Å²) in [5, 5.41) is 4.98. The predicted molar refractivity (Wildman–Crippen MR) is 301 cm³/mol. The Morgan fingerprint density at radius 1 is 0.254 bits per heavy atom. The van der Waals surface area contributed by atoms with Gasteiger partial charge in [-0.2, -0.15) is 0 Å². The van der Waals surface area contributed by atoms with Crippen molar-refractivity contribution in [1.29, 1.82) is 0 Å². The lowest BCUT2D eigenvalue weighted by molar-refractivity contribution is 0.714. The van der Waals surface area contributed by atoms with Crippen LogP contribution in [-0.2, 0) is 5.41 Å². The summed E-state index contributed by atoms with van der Waals surface area (Å²) in [6, 6.07) is 103. The van der Waals surface area contributed by atoms with Crippen LogP contribution in [-0.4, -0.2) is 0 Å². The molecular weight excluding hydrogens is 855 g/mol. The Labute approximate surface area is 416 Å². The Hall–Kier alpha value is -9.04. The molecule has 0 N–H and O–H groups in total. The molecule has 0 saturated heterocycles. The van der Waals surface area contributed by atoms with Crippen LogP contribution in [0.2, 0.25) is 0 Å². The molecule has 334 valence electrons. The van der Waals surface area contributed by atoms with Crippen molar-refractivity contribution in [3.05, 3.63) is 296 Å². The van der Waals surface area contributed by atoms with E-state index in [9.17, 15) is 0 Å². The van der Waals surface area contributed by atoms with Crippen LogP contribution in [0.25, 0.3) is 88.3 Å². The number of hydrogen-bond acceptors (Lipinski definition) is 1. The second kappa shape index (κ2) is 17.5. The molecule has 1 unspecified atom stereocenters. The Kier molecular flexibility index (Phi) is 10.4. The fourth-order valence-electron chi connectivity index (χ4n) is 11.6. The highest BCUT2D eigenvalue weighted by atomic mass is 15.1. The van der Waals surface area contributed by atoms with Crippen LogP contribution in [0.15, 0.2) is 279 Å². The first-order valence-corrected chi connectivity index (χ1v) is 24.7. The summed E-state index contributed by atoms with van der Waals surface area (Å²) < 4.78 is 0. The molecule has 0 saturated carbocycles. The van der Waals surface area contributed by atoms with E-state index in [2.05, 4.69) is 291 Å². The van der Waals surface area contributed by atoms with E-state index in [1.807, 2.05) is 0 Å². The summed E-state index contributed by atoms with van der Waals surface area (Å²) in [5.41, 5.74) is 21.4. The largest absolute Gasteiger partial charge is 0.310 e. The van der Waals surface area contributed by atoms with Gasteiger partial charge in [-0.05, 0) is 154 Å². The zero-order valence-corrected chi connectivity index (χ0v) is 39.5. The van der Waals surface area contributed by atoms with E-state index in [1.165, 1.54) is 93.9 Å². The average molecular weight is 904 g/mol. The molecule has 13 rings (SSSR count). The van der Waals surface area contributed by atoms with Gasteiger partial charge in [0.15, 0.2) is 0 Å². The lowest BCUT2D eigenvalue weighted by Gasteiger charge is -2.30. The first kappa shape index (κ1) is 42.1. The molecular formula is C70H49N. The number of rotatable bonds is 9. The fraction of sp³-hybridized carbons (Fsp3) is 0.0286. The SMILES string of the molecule is CC1(c2ccccc2)c2ccccc2-c2cc(N(c3cccc(-c4ccc5c(c4)c(-c4ccccc4)c(-c4ccccc4)c4ccccc45)c3)c3ccc(-c4ccccc4)c(-c4ccccc4)c3)ccc21. The van der Waals surface area contributed by atoms with Gasteiger partial charge >= 0.3 is 0 Å². The van der Waals surface area contributed by atoms with E-state index in [-0.39, 0.29) is 5.41 Å². The van der Waals surface area contributed by atoms with E-state index in [0.717, 1.165) is 28.2 Å². The summed E-state index contributed by atoms with van der Waals surface area (Å²) >= 11 is 0. The number of hydrogen-bond donors (Lipinski definition) is 0. The van der Waals surface area contributed by atoms with E-state index in [1.54, 1.807) is 0 Å². The van der Waals surface area contributed by atoms with Crippen LogP contribution < -0.4 is 4.90 Å². The number of fused-ring (bicyclic) bond motifs is 6. The number of anilines is 3. The number of nitrogens with zero attached hydrogens (tertiary/aromatic N) is 1. The Bertz CT molecular complexity index is 3920. The van der Waals surface area contributed by atoms with Crippen LogP contribution in [0.1, 0.15) is 23.6 Å². The molecule has 12 aromatic carbocycles. The van der Waals surface area contributed by atoms with Crippen molar-refractivity contribution >= 4 is 38.6 Å². The monoisotopic (exact) mass is 903 g/mol. The maximum absolute atomic E-state index is 2.46. The zero-order valence-electron chi connectivity index (χ0n) is 39.5. The minimum absolute atomic E-state index is 0.297. The van der Waals surface area contributed by atoms with Gasteiger partial charge in [-0.15, -0.1) is 0 Å². The molecule has 12 aromatic rings. The van der Waals surface area contributed by atoms with Crippen molar-refractivity contribution in [1.82, 2.24) is 0 Å². The van der Waals surface area contributed by atoms with E-state index in [4.69, 9.17) is 0 Å². The first-order valence-electron chi connectivity index (χ1n) is 24.7. The zero-order chi connectivity index (χ0) is 47.3. The quantitative estimate of drug-likeness (QED) is 0.130.